The van der Waals surface area contributed by atoms with Gasteiger partial charge in [0.15, 0.2) is 0 Å². The Labute approximate surface area is 127 Å². The van der Waals surface area contributed by atoms with Crippen LogP contribution < -0.4 is 0 Å². The molecule has 1 saturated carbocycles. The summed E-state index contributed by atoms with van der Waals surface area (Å²) in [5, 5.41) is 9.79. The highest BCUT2D eigenvalue weighted by molar-refractivity contribution is 7.25. The van der Waals surface area contributed by atoms with Crippen molar-refractivity contribution in [3.8, 4) is 0 Å². The number of aryl methyl sites for hydroxylation is 2. The van der Waals surface area contributed by atoms with Crippen LogP contribution in [-0.2, 0) is 0 Å². The number of thiophene rings is 1. The maximum atomic E-state index is 4.63. The van der Waals surface area contributed by atoms with Crippen LogP contribution >= 0.6 is 11.3 Å². The molecule has 1 aliphatic rings. The molecule has 3 aromatic heterocycles. The summed E-state index contributed by atoms with van der Waals surface area (Å²) in [7, 11) is 0. The molecule has 0 amide bonds. The number of fused-ring (bicyclic) bond motifs is 3. The summed E-state index contributed by atoms with van der Waals surface area (Å²) in [5.41, 5.74) is 4.49. The Bertz CT molecular complexity index is 818. The average Bonchev–Trinajstić information content (AvgIpc) is 2.91. The van der Waals surface area contributed by atoms with Crippen LogP contribution in [0.3, 0.4) is 0 Å². The van der Waals surface area contributed by atoms with Gasteiger partial charge in [-0.1, -0.05) is 19.3 Å². The maximum absolute atomic E-state index is 4.63. The molecule has 0 spiro atoms. The molecule has 4 nitrogen and oxygen atoms in total. The number of nitrogens with zero attached hydrogens (tertiary/aromatic N) is 4. The van der Waals surface area contributed by atoms with E-state index < -0.39 is 0 Å². The van der Waals surface area contributed by atoms with Gasteiger partial charge in [0.05, 0.1) is 21.6 Å². The summed E-state index contributed by atoms with van der Waals surface area (Å²) in [6.45, 7) is 4.12. The quantitative estimate of drug-likeness (QED) is 0.672. The lowest BCUT2D eigenvalue weighted by molar-refractivity contribution is 0.439. The second-order valence-electron chi connectivity index (χ2n) is 5.96. The van der Waals surface area contributed by atoms with Crippen molar-refractivity contribution in [1.29, 1.82) is 0 Å². The summed E-state index contributed by atoms with van der Waals surface area (Å²) in [5.74, 6) is 0.590. The van der Waals surface area contributed by atoms with E-state index in [1.54, 1.807) is 17.7 Å². The lowest BCUT2D eigenvalue weighted by Crippen LogP contribution is -2.06. The van der Waals surface area contributed by atoms with Gasteiger partial charge in [-0.05, 0) is 32.3 Å². The standard InChI is InChI=1S/C16H18N4S/c1-9-10(2)19-20-16-12(9)14-15(21-16)13(17-8-18-14)11-6-4-3-5-7-11/h8,11H,3-7H2,1-2H3. The number of rotatable bonds is 1. The third-order valence-corrected chi connectivity index (χ3v) is 5.77. The Morgan fingerprint density at radius 2 is 1.86 bits per heavy atom. The van der Waals surface area contributed by atoms with Gasteiger partial charge in [-0.15, -0.1) is 16.4 Å². The molecule has 3 heterocycles. The van der Waals surface area contributed by atoms with Crippen LogP contribution in [0.1, 0.15) is 55.0 Å². The molecule has 108 valence electrons. The van der Waals surface area contributed by atoms with Gasteiger partial charge in [0.25, 0.3) is 0 Å². The highest BCUT2D eigenvalue weighted by atomic mass is 32.1. The molecule has 0 radical (unpaired) electrons. The van der Waals surface area contributed by atoms with E-state index in [-0.39, 0.29) is 0 Å². The first kappa shape index (κ1) is 13.1. The van der Waals surface area contributed by atoms with Crippen molar-refractivity contribution < 1.29 is 0 Å². The van der Waals surface area contributed by atoms with E-state index >= 15 is 0 Å². The predicted molar refractivity (Wildman–Crippen MR) is 85.8 cm³/mol. The van der Waals surface area contributed by atoms with Gasteiger partial charge in [0.1, 0.15) is 11.2 Å². The average molecular weight is 298 g/mol. The third kappa shape index (κ3) is 2.02. The van der Waals surface area contributed by atoms with E-state index in [4.69, 9.17) is 0 Å². The highest BCUT2D eigenvalue weighted by Crippen LogP contribution is 2.40. The largest absolute Gasteiger partial charge is 0.240 e. The Morgan fingerprint density at radius 1 is 1.05 bits per heavy atom. The first-order chi connectivity index (χ1) is 10.3. The fourth-order valence-electron chi connectivity index (χ4n) is 3.37. The molecule has 0 bridgehead atoms. The number of aromatic nitrogens is 4. The lowest BCUT2D eigenvalue weighted by Gasteiger charge is -2.21. The first-order valence-electron chi connectivity index (χ1n) is 7.62. The molecule has 4 rings (SSSR count). The number of hydrogen-bond acceptors (Lipinski definition) is 5. The summed E-state index contributed by atoms with van der Waals surface area (Å²) in [6.07, 6.45) is 8.24. The zero-order chi connectivity index (χ0) is 14.4. The molecule has 0 N–H and O–H groups in total. The molecule has 1 fully saturated rings. The predicted octanol–water partition coefficient (Wildman–Crippen LogP) is 4.30. The van der Waals surface area contributed by atoms with E-state index in [0.29, 0.717) is 5.92 Å². The smallest absolute Gasteiger partial charge is 0.149 e. The topological polar surface area (TPSA) is 51.6 Å². The third-order valence-electron chi connectivity index (χ3n) is 4.68. The molecule has 0 saturated heterocycles. The van der Waals surface area contributed by atoms with Crippen molar-refractivity contribution in [1.82, 2.24) is 20.2 Å². The van der Waals surface area contributed by atoms with Gasteiger partial charge < -0.3 is 0 Å². The molecule has 0 aliphatic heterocycles. The fourth-order valence-corrected chi connectivity index (χ4v) is 4.57. The molecule has 5 heteroatoms. The second-order valence-corrected chi connectivity index (χ2v) is 6.96. The zero-order valence-corrected chi connectivity index (χ0v) is 13.2. The minimum Gasteiger partial charge on any atom is -0.240 e. The fraction of sp³-hybridized carbons (Fsp3) is 0.500. The summed E-state index contributed by atoms with van der Waals surface area (Å²) in [4.78, 5) is 10.2. The van der Waals surface area contributed by atoms with Gasteiger partial charge in [0.2, 0.25) is 0 Å². The molecule has 1 aliphatic carbocycles. The highest BCUT2D eigenvalue weighted by Gasteiger charge is 2.22. The van der Waals surface area contributed by atoms with Crippen LogP contribution in [0.4, 0.5) is 0 Å². The summed E-state index contributed by atoms with van der Waals surface area (Å²) >= 11 is 1.71. The van der Waals surface area contributed by atoms with E-state index in [0.717, 1.165) is 16.0 Å². The van der Waals surface area contributed by atoms with E-state index in [9.17, 15) is 0 Å². The first-order valence-corrected chi connectivity index (χ1v) is 8.44. The van der Waals surface area contributed by atoms with Crippen molar-refractivity contribution in [2.45, 2.75) is 51.9 Å². The van der Waals surface area contributed by atoms with Crippen LogP contribution in [-0.4, -0.2) is 20.2 Å². The Morgan fingerprint density at radius 3 is 2.67 bits per heavy atom. The molecule has 0 atom stereocenters. The van der Waals surface area contributed by atoms with Gasteiger partial charge in [-0.25, -0.2) is 9.97 Å². The van der Waals surface area contributed by atoms with E-state index in [1.807, 2.05) is 6.92 Å². The SMILES string of the molecule is Cc1nnc2sc3c(C4CCCCC4)ncnc3c2c1C. The van der Waals surface area contributed by atoms with E-state index in [2.05, 4.69) is 27.1 Å². The van der Waals surface area contributed by atoms with Gasteiger partial charge in [-0.2, -0.15) is 5.10 Å². The second kappa shape index (κ2) is 4.98. The normalized spacial score (nSPS) is 16.9. The van der Waals surface area contributed by atoms with Crippen LogP contribution in [0, 0.1) is 13.8 Å². The minimum atomic E-state index is 0.590. The molecular weight excluding hydrogens is 280 g/mol. The summed E-state index contributed by atoms with van der Waals surface area (Å²) in [6, 6.07) is 0. The van der Waals surface area contributed by atoms with Crippen LogP contribution in [0.2, 0.25) is 0 Å². The minimum absolute atomic E-state index is 0.590. The Balaban J connectivity index is 1.99. The molecular formula is C16H18N4S. The summed E-state index contributed by atoms with van der Waals surface area (Å²) < 4.78 is 1.22. The zero-order valence-electron chi connectivity index (χ0n) is 12.4. The van der Waals surface area contributed by atoms with Crippen LogP contribution in [0.15, 0.2) is 6.33 Å². The molecule has 21 heavy (non-hydrogen) atoms. The van der Waals surface area contributed by atoms with Gasteiger partial charge in [-0.3, -0.25) is 0 Å². The monoisotopic (exact) mass is 298 g/mol. The van der Waals surface area contributed by atoms with Crippen LogP contribution in [0.25, 0.3) is 20.4 Å². The maximum Gasteiger partial charge on any atom is 0.149 e. The molecule has 0 unspecified atom stereocenters. The number of hydrogen-bond donors (Lipinski definition) is 0. The molecule has 3 aromatic rings. The van der Waals surface area contributed by atoms with Crippen molar-refractivity contribution in [3.63, 3.8) is 0 Å². The van der Waals surface area contributed by atoms with Crippen LogP contribution in [0.5, 0.6) is 0 Å². The van der Waals surface area contributed by atoms with Crippen molar-refractivity contribution in [2.24, 2.45) is 0 Å². The van der Waals surface area contributed by atoms with Crippen molar-refractivity contribution in [2.75, 3.05) is 0 Å². The lowest BCUT2D eigenvalue weighted by atomic mass is 9.86. The van der Waals surface area contributed by atoms with Crippen molar-refractivity contribution in [3.05, 3.63) is 23.3 Å². The Hall–Kier alpha value is -1.62. The molecule has 0 aromatic carbocycles. The Kier molecular flexibility index (Phi) is 3.10. The van der Waals surface area contributed by atoms with Gasteiger partial charge >= 0.3 is 0 Å². The van der Waals surface area contributed by atoms with Gasteiger partial charge in [0, 0.05) is 11.3 Å². The van der Waals surface area contributed by atoms with E-state index in [1.165, 1.54) is 53.4 Å². The van der Waals surface area contributed by atoms with Crippen molar-refractivity contribution >= 4 is 31.8 Å².